The molecule has 0 unspecified atom stereocenters. The molecule has 11 heteroatoms. The Morgan fingerprint density at radius 2 is 1.32 bits per heavy atom. The quantitative estimate of drug-likeness (QED) is 0.377. The second-order valence-electron chi connectivity index (χ2n) is 3.18. The highest BCUT2D eigenvalue weighted by atomic mass is 32.2. The van der Waals surface area contributed by atoms with Crippen molar-refractivity contribution in [2.45, 2.75) is 0 Å². The van der Waals surface area contributed by atoms with Gasteiger partial charge in [-0.25, -0.2) is 22.0 Å². The first kappa shape index (κ1) is 15.3. The van der Waals surface area contributed by atoms with E-state index in [-0.39, 0.29) is 0 Å². The molecule has 106 valence electrons. The number of hydrogen-bond donors (Lipinski definition) is 2. The zero-order valence-electron chi connectivity index (χ0n) is 8.68. The average Bonchev–Trinajstić information content (AvgIpc) is 2.31. The second kappa shape index (κ2) is 5.09. The lowest BCUT2D eigenvalue weighted by Crippen LogP contribution is -2.31. The number of benzene rings is 1. The van der Waals surface area contributed by atoms with Crippen LogP contribution in [0.15, 0.2) is 0 Å². The summed E-state index contributed by atoms with van der Waals surface area (Å²) >= 11 is 0. The summed E-state index contributed by atoms with van der Waals surface area (Å²) in [4.78, 5) is 11.1. The van der Waals surface area contributed by atoms with Gasteiger partial charge in [-0.15, -0.1) is 0 Å². The van der Waals surface area contributed by atoms with Gasteiger partial charge in [0.2, 0.25) is 5.82 Å². The molecule has 0 fully saturated rings. The number of rotatable bonds is 3. The van der Waals surface area contributed by atoms with E-state index in [2.05, 4.69) is 0 Å². The molecule has 5 nitrogen and oxygen atoms in total. The summed E-state index contributed by atoms with van der Waals surface area (Å²) in [6.45, 7) is 0. The molecule has 1 amide bonds. The molecule has 0 aromatic heterocycles. The van der Waals surface area contributed by atoms with Crippen LogP contribution in [0.2, 0.25) is 0 Å². The van der Waals surface area contributed by atoms with Crippen molar-refractivity contribution in [1.29, 1.82) is 0 Å². The summed E-state index contributed by atoms with van der Waals surface area (Å²) in [7, 11) is -4.72. The molecule has 1 aromatic carbocycles. The van der Waals surface area contributed by atoms with Gasteiger partial charge < -0.3 is 5.32 Å². The van der Waals surface area contributed by atoms with Crippen LogP contribution in [0.4, 0.5) is 22.0 Å². The third-order valence-electron chi connectivity index (χ3n) is 1.85. The van der Waals surface area contributed by atoms with Gasteiger partial charge in [-0.1, -0.05) is 0 Å². The van der Waals surface area contributed by atoms with Gasteiger partial charge in [0, 0.05) is 0 Å². The van der Waals surface area contributed by atoms with Crippen molar-refractivity contribution in [2.75, 3.05) is 5.88 Å². The minimum absolute atomic E-state index is 1.28. The maximum atomic E-state index is 13.1. The Morgan fingerprint density at radius 3 is 1.68 bits per heavy atom. The fourth-order valence-corrected chi connectivity index (χ4v) is 1.36. The maximum absolute atomic E-state index is 13.1. The summed E-state index contributed by atoms with van der Waals surface area (Å²) in [5, 5.41) is 1.28. The lowest BCUT2D eigenvalue weighted by Gasteiger charge is -2.08. The molecular weight excluding hydrogens is 301 g/mol. The molecule has 0 spiro atoms. The van der Waals surface area contributed by atoms with Crippen molar-refractivity contribution in [3.63, 3.8) is 0 Å². The van der Waals surface area contributed by atoms with E-state index in [4.69, 9.17) is 4.55 Å². The van der Waals surface area contributed by atoms with Gasteiger partial charge in [-0.05, 0) is 0 Å². The fourth-order valence-electron chi connectivity index (χ4n) is 1.05. The predicted octanol–water partition coefficient (Wildman–Crippen LogP) is 0.957. The molecule has 2 N–H and O–H groups in total. The molecule has 0 bridgehead atoms. The number of carbonyl (C=O) groups excluding carboxylic acids is 1. The van der Waals surface area contributed by atoms with Crippen LogP contribution >= 0.6 is 0 Å². The van der Waals surface area contributed by atoms with Crippen molar-refractivity contribution in [1.82, 2.24) is 5.32 Å². The predicted molar refractivity (Wildman–Crippen MR) is 50.1 cm³/mol. The highest BCUT2D eigenvalue weighted by Crippen LogP contribution is 2.22. The third kappa shape index (κ3) is 3.17. The number of halogens is 5. The SMILES string of the molecule is O=C(NCS(=O)(=O)O)c1c(F)c(F)c(F)c(F)c1F. The monoisotopic (exact) mass is 305 g/mol. The van der Waals surface area contributed by atoms with Crippen LogP contribution < -0.4 is 5.32 Å². The number of carbonyl (C=O) groups is 1. The highest BCUT2D eigenvalue weighted by Gasteiger charge is 2.29. The summed E-state index contributed by atoms with van der Waals surface area (Å²) in [5.41, 5.74) is -1.85. The van der Waals surface area contributed by atoms with Crippen molar-refractivity contribution >= 4 is 16.0 Å². The lowest BCUT2D eigenvalue weighted by molar-refractivity contribution is 0.0947. The minimum Gasteiger partial charge on any atom is -0.336 e. The van der Waals surface area contributed by atoms with Gasteiger partial charge in [-0.2, -0.15) is 8.42 Å². The average molecular weight is 305 g/mol. The molecule has 1 rings (SSSR count). The van der Waals surface area contributed by atoms with E-state index in [0.717, 1.165) is 0 Å². The van der Waals surface area contributed by atoms with Crippen LogP contribution in [0.1, 0.15) is 10.4 Å². The molecule has 0 atom stereocenters. The summed E-state index contributed by atoms with van der Waals surface area (Å²) < 4.78 is 93.1. The van der Waals surface area contributed by atoms with Crippen LogP contribution in [0.3, 0.4) is 0 Å². The first-order valence-corrected chi connectivity index (χ1v) is 5.92. The Labute approximate surface area is 102 Å². The fraction of sp³-hybridized carbons (Fsp3) is 0.125. The van der Waals surface area contributed by atoms with Crippen LogP contribution in [0, 0.1) is 29.1 Å². The Balaban J connectivity index is 3.25. The molecular formula is C8H4F5NO4S. The van der Waals surface area contributed by atoms with E-state index in [0.29, 0.717) is 0 Å². The number of hydrogen-bond acceptors (Lipinski definition) is 3. The van der Waals surface area contributed by atoms with Gasteiger partial charge in [0.25, 0.3) is 16.0 Å². The normalized spacial score (nSPS) is 11.5. The van der Waals surface area contributed by atoms with E-state index in [9.17, 15) is 35.2 Å². The van der Waals surface area contributed by atoms with Crippen molar-refractivity contribution < 1.29 is 39.7 Å². The second-order valence-corrected chi connectivity index (χ2v) is 4.63. The molecule has 0 radical (unpaired) electrons. The van der Waals surface area contributed by atoms with Crippen molar-refractivity contribution in [3.05, 3.63) is 34.6 Å². The van der Waals surface area contributed by atoms with Crippen molar-refractivity contribution in [2.24, 2.45) is 0 Å². The minimum atomic E-state index is -4.72. The standard InChI is InChI=1S/C8H4F5NO4S/c9-3-2(8(15)14-1-19(16,17)18)4(10)6(12)7(13)5(3)11/h1H2,(H,14,15)(H,16,17,18). The molecule has 0 saturated heterocycles. The van der Waals surface area contributed by atoms with Crippen LogP contribution in [0.25, 0.3) is 0 Å². The lowest BCUT2D eigenvalue weighted by atomic mass is 10.1. The Bertz CT molecular complexity index is 616. The van der Waals surface area contributed by atoms with Gasteiger partial charge in [0.1, 0.15) is 11.4 Å². The number of amides is 1. The van der Waals surface area contributed by atoms with Gasteiger partial charge in [-0.3, -0.25) is 9.35 Å². The molecule has 0 aliphatic carbocycles. The molecule has 0 aliphatic rings. The smallest absolute Gasteiger partial charge is 0.283 e. The zero-order chi connectivity index (χ0) is 15.0. The first-order valence-electron chi connectivity index (χ1n) is 4.31. The summed E-state index contributed by atoms with van der Waals surface area (Å²) in [6, 6.07) is 0. The molecule has 0 aliphatic heterocycles. The number of nitrogens with one attached hydrogen (secondary N) is 1. The molecule has 19 heavy (non-hydrogen) atoms. The highest BCUT2D eigenvalue weighted by molar-refractivity contribution is 7.85. The molecule has 0 heterocycles. The summed E-state index contributed by atoms with van der Waals surface area (Å²) in [6.07, 6.45) is 0. The Morgan fingerprint density at radius 1 is 0.947 bits per heavy atom. The Kier molecular flexibility index (Phi) is 4.10. The van der Waals surface area contributed by atoms with E-state index in [1.807, 2.05) is 0 Å². The summed E-state index contributed by atoms with van der Waals surface area (Å²) in [5.74, 6) is -15.3. The van der Waals surface area contributed by atoms with E-state index < -0.39 is 56.6 Å². The maximum Gasteiger partial charge on any atom is 0.283 e. The third-order valence-corrected chi connectivity index (χ3v) is 2.36. The van der Waals surface area contributed by atoms with Gasteiger partial charge in [0.15, 0.2) is 23.3 Å². The van der Waals surface area contributed by atoms with Gasteiger partial charge >= 0.3 is 0 Å². The largest absolute Gasteiger partial charge is 0.336 e. The Hall–Kier alpha value is -1.75. The van der Waals surface area contributed by atoms with Crippen LogP contribution in [-0.4, -0.2) is 24.8 Å². The van der Waals surface area contributed by atoms with Crippen molar-refractivity contribution in [3.8, 4) is 0 Å². The first-order chi connectivity index (χ1) is 8.56. The van der Waals surface area contributed by atoms with E-state index >= 15 is 0 Å². The topological polar surface area (TPSA) is 83.5 Å². The van der Waals surface area contributed by atoms with E-state index in [1.54, 1.807) is 0 Å². The van der Waals surface area contributed by atoms with Crippen LogP contribution in [0.5, 0.6) is 0 Å². The zero-order valence-corrected chi connectivity index (χ0v) is 9.49. The molecule has 1 aromatic rings. The van der Waals surface area contributed by atoms with Gasteiger partial charge in [0.05, 0.1) is 0 Å². The molecule has 0 saturated carbocycles. The van der Waals surface area contributed by atoms with E-state index in [1.165, 1.54) is 5.32 Å². The van der Waals surface area contributed by atoms with Crippen LogP contribution in [-0.2, 0) is 10.1 Å².